The Balaban J connectivity index is 1.80. The molecule has 0 unspecified atom stereocenters. The number of likely N-dealkylation sites (N-methyl/N-ethyl adjacent to an activating group) is 1. The molecule has 0 bridgehead atoms. The second-order valence-corrected chi connectivity index (χ2v) is 6.22. The molecule has 0 aliphatic heterocycles. The van der Waals surface area contributed by atoms with Crippen molar-refractivity contribution in [3.63, 3.8) is 0 Å². The highest BCUT2D eigenvalue weighted by Crippen LogP contribution is 2.17. The predicted molar refractivity (Wildman–Crippen MR) is 92.6 cm³/mol. The largest absolute Gasteiger partial charge is 0.378 e. The second-order valence-electron chi connectivity index (χ2n) is 5.31. The van der Waals surface area contributed by atoms with E-state index in [0.29, 0.717) is 12.4 Å². The smallest absolute Gasteiger partial charge is 0.254 e. The molecule has 7 heteroatoms. The van der Waals surface area contributed by atoms with Crippen LogP contribution in [0.15, 0.2) is 41.1 Å². The fraction of sp³-hybridized carbons (Fsp3) is 0.312. The highest BCUT2D eigenvalue weighted by atomic mass is 79.9. The number of fused-ring (bicyclic) bond motifs is 1. The molecule has 0 radical (unpaired) electrons. The van der Waals surface area contributed by atoms with E-state index >= 15 is 0 Å². The van der Waals surface area contributed by atoms with Crippen molar-refractivity contribution in [1.29, 1.82) is 0 Å². The van der Waals surface area contributed by atoms with Crippen LogP contribution in [-0.4, -0.2) is 40.3 Å². The van der Waals surface area contributed by atoms with Gasteiger partial charge in [0.25, 0.3) is 5.78 Å². The zero-order chi connectivity index (χ0) is 16.2. The number of nitrogens with zero attached hydrogens (tertiary/aromatic N) is 5. The van der Waals surface area contributed by atoms with E-state index in [-0.39, 0.29) is 0 Å². The van der Waals surface area contributed by atoms with E-state index in [1.54, 1.807) is 11.6 Å². The van der Waals surface area contributed by atoms with Crippen LogP contribution in [0.4, 0.5) is 5.82 Å². The van der Waals surface area contributed by atoms with Gasteiger partial charge >= 0.3 is 0 Å². The summed E-state index contributed by atoms with van der Waals surface area (Å²) in [5.41, 5.74) is 2.14. The minimum atomic E-state index is 0.455. The summed E-state index contributed by atoms with van der Waals surface area (Å²) in [4.78, 5) is 10.8. The molecular weight excluding hydrogens is 358 g/mol. The van der Waals surface area contributed by atoms with Crippen molar-refractivity contribution in [1.82, 2.24) is 19.6 Å². The van der Waals surface area contributed by atoms with Crippen molar-refractivity contribution in [2.45, 2.75) is 13.0 Å². The molecule has 0 spiro atoms. The first-order valence-electron chi connectivity index (χ1n) is 7.31. The van der Waals surface area contributed by atoms with Crippen molar-refractivity contribution < 1.29 is 4.74 Å². The Labute approximate surface area is 143 Å². The number of ether oxygens (including phenoxy) is 1. The Morgan fingerprint density at radius 3 is 2.78 bits per heavy atom. The lowest BCUT2D eigenvalue weighted by atomic mass is 10.1. The number of aromatic nitrogens is 4. The lowest BCUT2D eigenvalue weighted by Crippen LogP contribution is -2.23. The van der Waals surface area contributed by atoms with E-state index in [9.17, 15) is 0 Å². The molecule has 0 amide bonds. The van der Waals surface area contributed by atoms with Crippen LogP contribution in [-0.2, 0) is 17.8 Å². The average Bonchev–Trinajstić information content (AvgIpc) is 3.02. The maximum absolute atomic E-state index is 5.19. The van der Waals surface area contributed by atoms with Gasteiger partial charge in [0.05, 0.1) is 12.3 Å². The van der Waals surface area contributed by atoms with Gasteiger partial charge in [-0.05, 0) is 24.1 Å². The molecule has 3 aromatic rings. The van der Waals surface area contributed by atoms with Gasteiger partial charge in [-0.2, -0.15) is 14.6 Å². The van der Waals surface area contributed by atoms with Gasteiger partial charge in [0, 0.05) is 31.2 Å². The van der Waals surface area contributed by atoms with E-state index in [1.165, 1.54) is 11.9 Å². The summed E-state index contributed by atoms with van der Waals surface area (Å²) in [6.07, 6.45) is 2.47. The highest BCUT2D eigenvalue weighted by Gasteiger charge is 2.11. The standard InChI is InChI=1S/C16H18BrN5O/c1-21(8-7-12-3-5-13(17)6-4-12)15-9-14(10-23-2)20-16-18-11-19-22(15)16/h3-6,9,11H,7-8,10H2,1-2H3. The minimum absolute atomic E-state index is 0.455. The SMILES string of the molecule is COCc1cc(N(C)CCc2ccc(Br)cc2)n2ncnc2n1. The normalized spacial score (nSPS) is 11.1. The summed E-state index contributed by atoms with van der Waals surface area (Å²) in [7, 11) is 3.71. The fourth-order valence-corrected chi connectivity index (χ4v) is 2.66. The van der Waals surface area contributed by atoms with Crippen molar-refractivity contribution in [2.75, 3.05) is 25.6 Å². The lowest BCUT2D eigenvalue weighted by Gasteiger charge is -2.20. The van der Waals surface area contributed by atoms with Crippen molar-refractivity contribution in [3.05, 3.63) is 52.4 Å². The minimum Gasteiger partial charge on any atom is -0.378 e. The number of rotatable bonds is 6. The Hall–Kier alpha value is -1.99. The molecule has 0 atom stereocenters. The first-order valence-corrected chi connectivity index (χ1v) is 8.11. The van der Waals surface area contributed by atoms with Crippen LogP contribution in [0.3, 0.4) is 0 Å². The fourth-order valence-electron chi connectivity index (χ4n) is 2.40. The highest BCUT2D eigenvalue weighted by molar-refractivity contribution is 9.10. The quantitative estimate of drug-likeness (QED) is 0.662. The lowest BCUT2D eigenvalue weighted by molar-refractivity contribution is 0.181. The van der Waals surface area contributed by atoms with Gasteiger partial charge in [-0.3, -0.25) is 0 Å². The van der Waals surface area contributed by atoms with Gasteiger partial charge in [0.2, 0.25) is 0 Å². The van der Waals surface area contributed by atoms with Gasteiger partial charge in [-0.25, -0.2) is 4.98 Å². The van der Waals surface area contributed by atoms with Gasteiger partial charge in [-0.1, -0.05) is 28.1 Å². The van der Waals surface area contributed by atoms with E-state index in [0.717, 1.165) is 29.0 Å². The Kier molecular flexibility index (Phi) is 4.88. The maximum atomic E-state index is 5.19. The molecule has 1 aromatic carbocycles. The molecule has 0 fully saturated rings. The van der Waals surface area contributed by atoms with Crippen LogP contribution in [0.1, 0.15) is 11.3 Å². The Bertz CT molecular complexity index is 787. The first-order chi connectivity index (χ1) is 11.2. The number of benzene rings is 1. The Morgan fingerprint density at radius 2 is 2.04 bits per heavy atom. The summed E-state index contributed by atoms with van der Waals surface area (Å²) < 4.78 is 8.03. The number of hydrogen-bond donors (Lipinski definition) is 0. The predicted octanol–water partition coefficient (Wildman–Crippen LogP) is 2.71. The van der Waals surface area contributed by atoms with Crippen molar-refractivity contribution in [2.24, 2.45) is 0 Å². The number of methoxy groups -OCH3 is 1. The maximum Gasteiger partial charge on any atom is 0.254 e. The van der Waals surface area contributed by atoms with Gasteiger partial charge in [-0.15, -0.1) is 0 Å². The first kappa shape index (κ1) is 15.9. The third-order valence-electron chi connectivity index (χ3n) is 3.62. The molecule has 0 saturated carbocycles. The summed E-state index contributed by atoms with van der Waals surface area (Å²) in [6.45, 7) is 1.32. The molecule has 120 valence electrons. The molecule has 0 N–H and O–H groups in total. The van der Waals surface area contributed by atoms with Gasteiger partial charge in [0.1, 0.15) is 12.1 Å². The molecule has 6 nitrogen and oxygen atoms in total. The van der Waals surface area contributed by atoms with Crippen molar-refractivity contribution in [3.8, 4) is 0 Å². The third-order valence-corrected chi connectivity index (χ3v) is 4.15. The second kappa shape index (κ2) is 7.06. The zero-order valence-electron chi connectivity index (χ0n) is 13.1. The molecule has 0 aliphatic rings. The van der Waals surface area contributed by atoms with E-state index in [4.69, 9.17) is 4.74 Å². The monoisotopic (exact) mass is 375 g/mol. The average molecular weight is 376 g/mol. The topological polar surface area (TPSA) is 55.6 Å². The van der Waals surface area contributed by atoms with Gasteiger partial charge in [0.15, 0.2) is 0 Å². The Morgan fingerprint density at radius 1 is 1.26 bits per heavy atom. The number of hydrogen-bond acceptors (Lipinski definition) is 5. The van der Waals surface area contributed by atoms with Crippen LogP contribution < -0.4 is 4.90 Å². The van der Waals surface area contributed by atoms with E-state index in [1.807, 2.05) is 13.1 Å². The summed E-state index contributed by atoms with van der Waals surface area (Å²) in [5, 5.41) is 4.26. The van der Waals surface area contributed by atoms with Crippen LogP contribution >= 0.6 is 15.9 Å². The molecule has 23 heavy (non-hydrogen) atoms. The van der Waals surface area contributed by atoms with Crippen LogP contribution in [0, 0.1) is 0 Å². The molecule has 2 aromatic heterocycles. The van der Waals surface area contributed by atoms with Crippen molar-refractivity contribution >= 4 is 27.5 Å². The summed E-state index contributed by atoms with van der Waals surface area (Å²) >= 11 is 3.46. The molecule has 2 heterocycles. The molecular formula is C16H18BrN5O. The molecule has 0 aliphatic carbocycles. The van der Waals surface area contributed by atoms with E-state index < -0.39 is 0 Å². The number of halogens is 1. The molecule has 3 rings (SSSR count). The third kappa shape index (κ3) is 3.68. The van der Waals surface area contributed by atoms with Crippen LogP contribution in [0.25, 0.3) is 5.78 Å². The van der Waals surface area contributed by atoms with Crippen LogP contribution in [0.2, 0.25) is 0 Å². The summed E-state index contributed by atoms with van der Waals surface area (Å²) in [6, 6.07) is 10.4. The number of anilines is 1. The van der Waals surface area contributed by atoms with Gasteiger partial charge < -0.3 is 9.64 Å². The van der Waals surface area contributed by atoms with Crippen LogP contribution in [0.5, 0.6) is 0 Å². The molecule has 0 saturated heterocycles. The summed E-state index contributed by atoms with van der Waals surface area (Å²) in [5.74, 6) is 1.54. The zero-order valence-corrected chi connectivity index (χ0v) is 14.7. The van der Waals surface area contributed by atoms with E-state index in [2.05, 4.69) is 60.2 Å².